The van der Waals surface area contributed by atoms with Crippen LogP contribution in [0.2, 0.25) is 0 Å². The second kappa shape index (κ2) is 8.09. The maximum absolute atomic E-state index is 11.9. The minimum Gasteiger partial charge on any atom is -0.299 e. The van der Waals surface area contributed by atoms with Gasteiger partial charge in [-0.1, -0.05) is 31.9 Å². The van der Waals surface area contributed by atoms with Gasteiger partial charge in [0.15, 0.2) is 5.78 Å². The van der Waals surface area contributed by atoms with Gasteiger partial charge in [-0.15, -0.1) is 11.8 Å². The summed E-state index contributed by atoms with van der Waals surface area (Å²) >= 11 is 1.64. The molecule has 0 aliphatic carbocycles. The Morgan fingerprint density at radius 3 is 2.33 bits per heavy atom. The SMILES string of the molecule is CCCCCC(=O)CC(=O)c1ccc(SC)cc1. The number of Topliss-reactive ketones (excluding diaryl/α,β-unsaturated/α-hetero) is 2. The summed E-state index contributed by atoms with van der Waals surface area (Å²) in [6.07, 6.45) is 5.62. The summed E-state index contributed by atoms with van der Waals surface area (Å²) in [6, 6.07) is 7.43. The van der Waals surface area contributed by atoms with Crippen LogP contribution in [0.4, 0.5) is 0 Å². The molecule has 0 aromatic heterocycles. The quantitative estimate of drug-likeness (QED) is 0.306. The molecule has 98 valence electrons. The zero-order chi connectivity index (χ0) is 13.4. The van der Waals surface area contributed by atoms with Gasteiger partial charge in [0.25, 0.3) is 0 Å². The second-order valence-electron chi connectivity index (χ2n) is 4.32. The zero-order valence-corrected chi connectivity index (χ0v) is 11.9. The first-order valence-corrected chi connectivity index (χ1v) is 7.58. The van der Waals surface area contributed by atoms with E-state index < -0.39 is 0 Å². The maximum Gasteiger partial charge on any atom is 0.170 e. The molecule has 0 aliphatic rings. The lowest BCUT2D eigenvalue weighted by Gasteiger charge is -2.02. The Labute approximate surface area is 113 Å². The van der Waals surface area contributed by atoms with Crippen molar-refractivity contribution in [2.75, 3.05) is 6.26 Å². The highest BCUT2D eigenvalue weighted by Crippen LogP contribution is 2.16. The highest BCUT2D eigenvalue weighted by atomic mass is 32.2. The minimum absolute atomic E-state index is 0.0440. The molecule has 3 heteroatoms. The van der Waals surface area contributed by atoms with Gasteiger partial charge in [-0.25, -0.2) is 0 Å². The molecular weight excluding hydrogens is 244 g/mol. The number of thioether (sulfide) groups is 1. The van der Waals surface area contributed by atoms with Crippen LogP contribution in [0.5, 0.6) is 0 Å². The van der Waals surface area contributed by atoms with E-state index in [1.807, 2.05) is 18.4 Å². The molecular formula is C15H20O2S. The van der Waals surface area contributed by atoms with Gasteiger partial charge in [-0.2, -0.15) is 0 Å². The summed E-state index contributed by atoms with van der Waals surface area (Å²) in [5, 5.41) is 0. The van der Waals surface area contributed by atoms with Crippen LogP contribution in [0.3, 0.4) is 0 Å². The van der Waals surface area contributed by atoms with Crippen LogP contribution in [-0.4, -0.2) is 17.8 Å². The fourth-order valence-corrected chi connectivity index (χ4v) is 2.13. The Bertz CT molecular complexity index is 395. The van der Waals surface area contributed by atoms with Crippen molar-refractivity contribution in [2.45, 2.75) is 43.9 Å². The summed E-state index contributed by atoms with van der Waals surface area (Å²) in [5.41, 5.74) is 0.636. The van der Waals surface area contributed by atoms with Crippen LogP contribution in [0, 0.1) is 0 Å². The Morgan fingerprint density at radius 2 is 1.78 bits per heavy atom. The van der Waals surface area contributed by atoms with Gasteiger partial charge in [-0.3, -0.25) is 9.59 Å². The predicted molar refractivity (Wildman–Crippen MR) is 76.3 cm³/mol. The zero-order valence-electron chi connectivity index (χ0n) is 11.1. The van der Waals surface area contributed by atoms with Crippen molar-refractivity contribution in [3.05, 3.63) is 29.8 Å². The predicted octanol–water partition coefficient (Wildman–Crippen LogP) is 4.13. The van der Waals surface area contributed by atoms with Crippen LogP contribution in [0.25, 0.3) is 0 Å². The van der Waals surface area contributed by atoms with Crippen molar-refractivity contribution >= 4 is 23.3 Å². The third-order valence-corrected chi connectivity index (χ3v) is 3.57. The average Bonchev–Trinajstić information content (AvgIpc) is 2.39. The molecule has 18 heavy (non-hydrogen) atoms. The number of ketones is 2. The number of carbonyl (C=O) groups is 2. The van der Waals surface area contributed by atoms with Gasteiger partial charge in [0, 0.05) is 16.9 Å². The minimum atomic E-state index is -0.0656. The van der Waals surface area contributed by atoms with Gasteiger partial charge < -0.3 is 0 Å². The largest absolute Gasteiger partial charge is 0.299 e. The van der Waals surface area contributed by atoms with Crippen molar-refractivity contribution in [1.29, 1.82) is 0 Å². The maximum atomic E-state index is 11.9. The van der Waals surface area contributed by atoms with Crippen molar-refractivity contribution in [1.82, 2.24) is 0 Å². The fourth-order valence-electron chi connectivity index (χ4n) is 1.72. The van der Waals surface area contributed by atoms with Crippen molar-refractivity contribution in [3.63, 3.8) is 0 Å². The van der Waals surface area contributed by atoms with Crippen LogP contribution in [-0.2, 0) is 4.79 Å². The monoisotopic (exact) mass is 264 g/mol. The van der Waals surface area contributed by atoms with E-state index in [-0.39, 0.29) is 18.0 Å². The Balaban J connectivity index is 2.46. The summed E-state index contributed by atoms with van der Waals surface area (Å²) in [4.78, 5) is 24.6. The van der Waals surface area contributed by atoms with E-state index in [4.69, 9.17) is 0 Å². The standard InChI is InChI=1S/C15H20O2S/c1-3-4-5-6-13(16)11-15(17)12-7-9-14(18-2)10-8-12/h7-10H,3-6,11H2,1-2H3. The highest BCUT2D eigenvalue weighted by molar-refractivity contribution is 7.98. The van der Waals surface area contributed by atoms with Gasteiger partial charge in [0.05, 0.1) is 6.42 Å². The van der Waals surface area contributed by atoms with Crippen LogP contribution in [0.15, 0.2) is 29.2 Å². The third kappa shape index (κ3) is 5.05. The first kappa shape index (κ1) is 15.0. The van der Waals surface area contributed by atoms with E-state index in [0.717, 1.165) is 24.2 Å². The Morgan fingerprint density at radius 1 is 1.11 bits per heavy atom. The molecule has 2 nitrogen and oxygen atoms in total. The van der Waals surface area contributed by atoms with Crippen molar-refractivity contribution in [2.24, 2.45) is 0 Å². The molecule has 1 rings (SSSR count). The Kier molecular flexibility index (Phi) is 6.73. The topological polar surface area (TPSA) is 34.1 Å². The number of rotatable bonds is 8. The molecule has 0 N–H and O–H groups in total. The van der Waals surface area contributed by atoms with Crippen molar-refractivity contribution < 1.29 is 9.59 Å². The van der Waals surface area contributed by atoms with Crippen molar-refractivity contribution in [3.8, 4) is 0 Å². The van der Waals surface area contributed by atoms with E-state index >= 15 is 0 Å². The molecule has 0 radical (unpaired) electrons. The van der Waals surface area contributed by atoms with Gasteiger partial charge in [0.1, 0.15) is 5.78 Å². The number of unbranched alkanes of at least 4 members (excludes halogenated alkanes) is 2. The normalized spacial score (nSPS) is 10.3. The molecule has 0 saturated carbocycles. The van der Waals surface area contributed by atoms with Crippen LogP contribution >= 0.6 is 11.8 Å². The summed E-state index contributed by atoms with van der Waals surface area (Å²) in [6.45, 7) is 2.10. The van der Waals surface area contributed by atoms with E-state index in [1.165, 1.54) is 0 Å². The molecule has 0 unspecified atom stereocenters. The third-order valence-electron chi connectivity index (χ3n) is 2.83. The Hall–Kier alpha value is -1.09. The van der Waals surface area contributed by atoms with Crippen LogP contribution in [0.1, 0.15) is 49.4 Å². The van der Waals surface area contributed by atoms with E-state index in [2.05, 4.69) is 6.92 Å². The smallest absolute Gasteiger partial charge is 0.170 e. The molecule has 1 aromatic carbocycles. The molecule has 0 amide bonds. The van der Waals surface area contributed by atoms with Crippen LogP contribution < -0.4 is 0 Å². The number of benzene rings is 1. The average molecular weight is 264 g/mol. The molecule has 0 fully saturated rings. The van der Waals surface area contributed by atoms with E-state index in [9.17, 15) is 9.59 Å². The molecule has 0 heterocycles. The lowest BCUT2D eigenvalue weighted by molar-refractivity contribution is -0.118. The molecule has 1 aromatic rings. The summed E-state index contributed by atoms with van der Waals surface area (Å²) < 4.78 is 0. The van der Waals surface area contributed by atoms with E-state index in [1.54, 1.807) is 23.9 Å². The highest BCUT2D eigenvalue weighted by Gasteiger charge is 2.11. The molecule has 0 spiro atoms. The second-order valence-corrected chi connectivity index (χ2v) is 5.20. The molecule has 0 atom stereocenters. The number of carbonyl (C=O) groups excluding carboxylic acids is 2. The number of hydrogen-bond acceptors (Lipinski definition) is 3. The first-order valence-electron chi connectivity index (χ1n) is 6.36. The fraction of sp³-hybridized carbons (Fsp3) is 0.467. The number of hydrogen-bond donors (Lipinski definition) is 0. The molecule has 0 saturated heterocycles. The van der Waals surface area contributed by atoms with E-state index in [0.29, 0.717) is 12.0 Å². The summed E-state index contributed by atoms with van der Waals surface area (Å²) in [7, 11) is 0. The van der Waals surface area contributed by atoms with Gasteiger partial charge in [-0.05, 0) is 24.8 Å². The lowest BCUT2D eigenvalue weighted by atomic mass is 10.0. The first-order chi connectivity index (χ1) is 8.67. The molecule has 0 aliphatic heterocycles. The molecule has 0 bridgehead atoms. The summed E-state index contributed by atoms with van der Waals surface area (Å²) in [5.74, 6) is -0.00783. The van der Waals surface area contributed by atoms with Gasteiger partial charge >= 0.3 is 0 Å². The van der Waals surface area contributed by atoms with Gasteiger partial charge in [0.2, 0.25) is 0 Å². The lowest BCUT2D eigenvalue weighted by Crippen LogP contribution is -2.08.